The van der Waals surface area contributed by atoms with E-state index in [-0.39, 0.29) is 0 Å². The number of hydrogen-bond donors (Lipinski definition) is 2. The van der Waals surface area contributed by atoms with E-state index < -0.39 is 6.10 Å². The minimum absolute atomic E-state index is 0.468. The lowest BCUT2D eigenvalue weighted by atomic mass is 9.96. The van der Waals surface area contributed by atoms with E-state index in [1.54, 1.807) is 11.8 Å². The number of aromatic amines is 1. The topological polar surface area (TPSA) is 48.9 Å². The van der Waals surface area contributed by atoms with Crippen molar-refractivity contribution in [3.8, 4) is 11.1 Å². The molecule has 3 unspecified atom stereocenters. The molecule has 146 valence electrons. The molecule has 0 amide bonds. The summed E-state index contributed by atoms with van der Waals surface area (Å²) in [6.45, 7) is 1.81. The summed E-state index contributed by atoms with van der Waals surface area (Å²) < 4.78 is 0. The van der Waals surface area contributed by atoms with E-state index in [4.69, 9.17) is 4.98 Å². The van der Waals surface area contributed by atoms with Crippen molar-refractivity contribution in [2.24, 2.45) is 0 Å². The molecular formula is C25H24N2OS. The van der Waals surface area contributed by atoms with Gasteiger partial charge in [-0.1, -0.05) is 42.5 Å². The van der Waals surface area contributed by atoms with Crippen molar-refractivity contribution in [3.05, 3.63) is 83.7 Å². The fourth-order valence-electron chi connectivity index (χ4n) is 4.21. The zero-order chi connectivity index (χ0) is 20.0. The molecule has 29 heavy (non-hydrogen) atoms. The van der Waals surface area contributed by atoms with Crippen LogP contribution >= 0.6 is 11.8 Å². The number of benzene rings is 3. The fraction of sp³-hybridized carbons (Fsp3) is 0.240. The van der Waals surface area contributed by atoms with Crippen LogP contribution in [0.3, 0.4) is 0 Å². The summed E-state index contributed by atoms with van der Waals surface area (Å²) >= 11 is 1.78. The molecule has 4 aromatic rings. The monoisotopic (exact) mass is 400 g/mol. The number of imidazole rings is 1. The largest absolute Gasteiger partial charge is 0.389 e. The maximum atomic E-state index is 10.1. The molecule has 1 fully saturated rings. The van der Waals surface area contributed by atoms with Crippen LogP contribution in [0.1, 0.15) is 48.2 Å². The number of rotatable bonds is 5. The molecule has 1 heterocycles. The van der Waals surface area contributed by atoms with Gasteiger partial charge in [0.25, 0.3) is 0 Å². The van der Waals surface area contributed by atoms with Gasteiger partial charge in [-0.15, -0.1) is 11.8 Å². The fourth-order valence-corrected chi connectivity index (χ4v) is 4.62. The first-order chi connectivity index (χ1) is 14.1. The van der Waals surface area contributed by atoms with E-state index >= 15 is 0 Å². The molecule has 1 aromatic heterocycles. The van der Waals surface area contributed by atoms with Gasteiger partial charge in [0, 0.05) is 10.8 Å². The highest BCUT2D eigenvalue weighted by Crippen LogP contribution is 2.54. The Bertz CT molecular complexity index is 1160. The van der Waals surface area contributed by atoms with Crippen molar-refractivity contribution >= 4 is 22.8 Å². The lowest BCUT2D eigenvalue weighted by Crippen LogP contribution is -1.94. The van der Waals surface area contributed by atoms with E-state index in [9.17, 15) is 5.11 Å². The highest BCUT2D eigenvalue weighted by molar-refractivity contribution is 7.98. The number of aliphatic hydroxyl groups excluding tert-OH is 1. The van der Waals surface area contributed by atoms with Crippen molar-refractivity contribution in [2.45, 2.75) is 36.2 Å². The van der Waals surface area contributed by atoms with Crippen molar-refractivity contribution in [2.75, 3.05) is 6.26 Å². The maximum Gasteiger partial charge on any atom is 0.110 e. The Balaban J connectivity index is 1.43. The van der Waals surface area contributed by atoms with E-state index in [1.807, 2.05) is 25.1 Å². The molecule has 0 saturated heterocycles. The number of H-pyrrole nitrogens is 1. The molecule has 3 atom stereocenters. The van der Waals surface area contributed by atoms with E-state index in [0.29, 0.717) is 11.8 Å². The molecule has 0 aliphatic heterocycles. The minimum atomic E-state index is -0.496. The quantitative estimate of drug-likeness (QED) is 0.388. The average molecular weight is 401 g/mol. The van der Waals surface area contributed by atoms with Gasteiger partial charge in [0.15, 0.2) is 0 Å². The summed E-state index contributed by atoms with van der Waals surface area (Å²) in [6, 6.07) is 23.3. The van der Waals surface area contributed by atoms with E-state index in [0.717, 1.165) is 40.0 Å². The second-order valence-electron chi connectivity index (χ2n) is 7.84. The SMILES string of the molecule is CSc1ccc(C2CC2c2nc3ccc(-c4ccccc4C(C)O)cc3[nH]2)cc1. The van der Waals surface area contributed by atoms with Gasteiger partial charge in [0.05, 0.1) is 17.1 Å². The van der Waals surface area contributed by atoms with Gasteiger partial charge < -0.3 is 10.1 Å². The normalized spacial score (nSPS) is 19.4. The van der Waals surface area contributed by atoms with Gasteiger partial charge in [-0.25, -0.2) is 4.98 Å². The number of fused-ring (bicyclic) bond motifs is 1. The molecule has 0 radical (unpaired) electrons. The molecule has 3 nitrogen and oxygen atoms in total. The predicted octanol–water partition coefficient (Wildman–Crippen LogP) is 6.28. The molecular weight excluding hydrogens is 376 g/mol. The third kappa shape index (κ3) is 3.47. The first kappa shape index (κ1) is 18.5. The first-order valence-electron chi connectivity index (χ1n) is 10.0. The minimum Gasteiger partial charge on any atom is -0.389 e. The molecule has 3 aromatic carbocycles. The second-order valence-corrected chi connectivity index (χ2v) is 8.72. The molecule has 2 N–H and O–H groups in total. The van der Waals surface area contributed by atoms with Crippen LogP contribution in [0.15, 0.2) is 71.6 Å². The summed E-state index contributed by atoms with van der Waals surface area (Å²) in [7, 11) is 0. The molecule has 0 bridgehead atoms. The third-order valence-electron chi connectivity index (χ3n) is 5.91. The lowest BCUT2D eigenvalue weighted by molar-refractivity contribution is 0.200. The van der Waals surface area contributed by atoms with Gasteiger partial charge in [-0.05, 0) is 72.0 Å². The van der Waals surface area contributed by atoms with Gasteiger partial charge in [0.2, 0.25) is 0 Å². The summed E-state index contributed by atoms with van der Waals surface area (Å²) in [5.74, 6) is 2.11. The molecule has 1 aliphatic carbocycles. The van der Waals surface area contributed by atoms with Crippen LogP contribution in [0, 0.1) is 0 Å². The van der Waals surface area contributed by atoms with Crippen LogP contribution in [0.4, 0.5) is 0 Å². The maximum absolute atomic E-state index is 10.1. The highest BCUT2D eigenvalue weighted by atomic mass is 32.2. The number of nitrogens with zero attached hydrogens (tertiary/aromatic N) is 1. The van der Waals surface area contributed by atoms with Crippen LogP contribution in [0.25, 0.3) is 22.2 Å². The summed E-state index contributed by atoms with van der Waals surface area (Å²) in [5.41, 5.74) is 6.58. The zero-order valence-corrected chi connectivity index (χ0v) is 17.4. The molecule has 4 heteroatoms. The number of aliphatic hydroxyl groups is 1. The smallest absolute Gasteiger partial charge is 0.110 e. The number of hydrogen-bond acceptors (Lipinski definition) is 3. The number of nitrogens with one attached hydrogen (secondary N) is 1. The number of aromatic nitrogens is 2. The van der Waals surface area contributed by atoms with Crippen LogP contribution in [-0.4, -0.2) is 21.3 Å². The van der Waals surface area contributed by atoms with Gasteiger partial charge in [-0.3, -0.25) is 0 Å². The predicted molar refractivity (Wildman–Crippen MR) is 120 cm³/mol. The Kier molecular flexibility index (Phi) is 4.69. The van der Waals surface area contributed by atoms with Crippen LogP contribution < -0.4 is 0 Å². The molecule has 1 aliphatic rings. The Morgan fingerprint density at radius 3 is 2.59 bits per heavy atom. The van der Waals surface area contributed by atoms with Crippen molar-refractivity contribution in [3.63, 3.8) is 0 Å². The highest BCUT2D eigenvalue weighted by Gasteiger charge is 2.41. The Morgan fingerprint density at radius 2 is 1.83 bits per heavy atom. The Morgan fingerprint density at radius 1 is 1.03 bits per heavy atom. The Labute approximate surface area is 175 Å². The van der Waals surface area contributed by atoms with Gasteiger partial charge >= 0.3 is 0 Å². The third-order valence-corrected chi connectivity index (χ3v) is 6.65. The van der Waals surface area contributed by atoms with Crippen molar-refractivity contribution < 1.29 is 5.11 Å². The lowest BCUT2D eigenvalue weighted by Gasteiger charge is -2.11. The molecule has 0 spiro atoms. The van der Waals surface area contributed by atoms with Crippen molar-refractivity contribution in [1.29, 1.82) is 0 Å². The first-order valence-corrected chi connectivity index (χ1v) is 11.3. The Hall–Kier alpha value is -2.56. The van der Waals surface area contributed by atoms with E-state index in [1.165, 1.54) is 10.5 Å². The summed E-state index contributed by atoms with van der Waals surface area (Å²) in [5, 5.41) is 10.1. The van der Waals surface area contributed by atoms with Crippen LogP contribution in [0.2, 0.25) is 0 Å². The zero-order valence-electron chi connectivity index (χ0n) is 16.6. The van der Waals surface area contributed by atoms with E-state index in [2.05, 4.69) is 59.8 Å². The molecule has 1 saturated carbocycles. The summed E-state index contributed by atoms with van der Waals surface area (Å²) in [4.78, 5) is 9.73. The van der Waals surface area contributed by atoms with Gasteiger partial charge in [0.1, 0.15) is 5.82 Å². The van der Waals surface area contributed by atoms with Crippen LogP contribution in [0.5, 0.6) is 0 Å². The number of thioether (sulfide) groups is 1. The standard InChI is InChI=1S/C25H24N2OS/c1-15(28)19-5-3-4-6-20(19)17-9-12-23-24(13-17)27-25(26-23)22-14-21(22)16-7-10-18(29-2)11-8-16/h3-13,15,21-22,28H,14H2,1-2H3,(H,26,27). The average Bonchev–Trinajstić information content (AvgIpc) is 3.44. The molecule has 5 rings (SSSR count). The summed E-state index contributed by atoms with van der Waals surface area (Å²) in [6.07, 6.45) is 2.76. The van der Waals surface area contributed by atoms with Crippen LogP contribution in [-0.2, 0) is 0 Å². The van der Waals surface area contributed by atoms with Gasteiger partial charge in [-0.2, -0.15) is 0 Å². The second kappa shape index (κ2) is 7.36. The van der Waals surface area contributed by atoms with Crippen molar-refractivity contribution in [1.82, 2.24) is 9.97 Å².